The molecule has 1 aliphatic rings. The van der Waals surface area contributed by atoms with E-state index in [4.69, 9.17) is 14.4 Å². The van der Waals surface area contributed by atoms with Gasteiger partial charge in [0.25, 0.3) is 0 Å². The van der Waals surface area contributed by atoms with Crippen LogP contribution in [0.25, 0.3) is 38.8 Å². The molecule has 0 saturated carbocycles. The number of hydrogen-bond acceptors (Lipinski definition) is 4. The molecular formula is C41H33BN2O2PtS. The van der Waals surface area contributed by atoms with E-state index in [0.717, 1.165) is 43.7 Å². The number of hydrogen-bond donors (Lipinski definition) is 0. The summed E-state index contributed by atoms with van der Waals surface area (Å²) in [5.74, 6) is 3.77. The second-order valence-corrected chi connectivity index (χ2v) is 13.7. The molecule has 48 heavy (non-hydrogen) atoms. The van der Waals surface area contributed by atoms with Crippen LogP contribution >= 0.6 is 11.6 Å². The summed E-state index contributed by atoms with van der Waals surface area (Å²) in [4.78, 5) is 6.06. The van der Waals surface area contributed by atoms with Gasteiger partial charge in [0.1, 0.15) is 11.6 Å². The molecule has 7 heteroatoms. The molecule has 3 heterocycles. The van der Waals surface area contributed by atoms with Crippen molar-refractivity contribution in [2.45, 2.75) is 44.4 Å². The van der Waals surface area contributed by atoms with E-state index in [-0.39, 0.29) is 27.3 Å². The third kappa shape index (κ3) is 5.86. The molecule has 0 spiro atoms. The summed E-state index contributed by atoms with van der Waals surface area (Å²) in [7, 11) is 0. The molecule has 4 nitrogen and oxygen atoms in total. The number of fused-ring (bicyclic) bond motifs is 4. The zero-order valence-corrected chi connectivity index (χ0v) is 30.2. The van der Waals surface area contributed by atoms with E-state index < -0.39 is 0 Å². The normalized spacial score (nSPS) is 12.4. The van der Waals surface area contributed by atoms with Crippen LogP contribution in [0.2, 0.25) is 0 Å². The van der Waals surface area contributed by atoms with Crippen molar-refractivity contribution < 1.29 is 30.5 Å². The number of aromatic nitrogens is 2. The van der Waals surface area contributed by atoms with E-state index >= 15 is 0 Å². The second-order valence-electron chi connectivity index (χ2n) is 12.5. The third-order valence-corrected chi connectivity index (χ3v) is 9.93. The van der Waals surface area contributed by atoms with Gasteiger partial charge >= 0.3 is 27.3 Å². The Morgan fingerprint density at radius 1 is 0.750 bits per heavy atom. The fraction of sp³-hybridized carbons (Fsp3) is 0.146. The minimum absolute atomic E-state index is 0. The Morgan fingerprint density at radius 3 is 2.27 bits per heavy atom. The van der Waals surface area contributed by atoms with Gasteiger partial charge in [0, 0.05) is 28.1 Å². The summed E-state index contributed by atoms with van der Waals surface area (Å²) in [5.41, 5.74) is 8.09. The van der Waals surface area contributed by atoms with Crippen LogP contribution in [-0.2, 0) is 21.1 Å². The van der Waals surface area contributed by atoms with Gasteiger partial charge in [-0.1, -0.05) is 81.7 Å². The summed E-state index contributed by atoms with van der Waals surface area (Å²) in [6.07, 6.45) is 1.76. The quantitative estimate of drug-likeness (QED) is 0.119. The Hall–Kier alpha value is -4.25. The molecule has 0 fully saturated rings. The smallest absolute Gasteiger partial charge is 0.547 e. The van der Waals surface area contributed by atoms with Crippen LogP contribution < -0.4 is 14.9 Å². The van der Waals surface area contributed by atoms with Gasteiger partial charge in [0.15, 0.2) is 0 Å². The molecule has 1 aliphatic heterocycles. The Labute approximate surface area is 300 Å². The fourth-order valence-electron chi connectivity index (χ4n) is 6.56. The summed E-state index contributed by atoms with van der Waals surface area (Å²) in [6, 6.07) is 44.7. The number of rotatable bonds is 7. The summed E-state index contributed by atoms with van der Waals surface area (Å²) in [6.45, 7) is 9.06. The van der Waals surface area contributed by atoms with Crippen molar-refractivity contribution in [3.63, 3.8) is 0 Å². The van der Waals surface area contributed by atoms with Crippen molar-refractivity contribution in [3.8, 4) is 34.2 Å². The molecule has 0 radical (unpaired) electrons. The number of pyridine rings is 1. The Bertz CT molecular complexity index is 2230. The first-order valence-electron chi connectivity index (χ1n) is 16.1. The predicted octanol–water partition coefficient (Wildman–Crippen LogP) is 10.4. The molecular weight excluding hydrogens is 790 g/mol. The van der Waals surface area contributed by atoms with Crippen molar-refractivity contribution in [1.29, 1.82) is 0 Å². The van der Waals surface area contributed by atoms with Gasteiger partial charge in [-0.15, -0.1) is 46.7 Å². The SMILES string of the molecule is CC(C)c1cccc(C(C)C)c1-c1ccnc(-n2c3[c-]c(Oc4[c-]c(B5Oc6ccccc6S5)ccc4)ccc3c3ccccc32)c1.[Pt+2]. The summed E-state index contributed by atoms with van der Waals surface area (Å²) in [5, 5.41) is 2.24. The second kappa shape index (κ2) is 13.3. The number of benzene rings is 5. The van der Waals surface area contributed by atoms with Gasteiger partial charge in [-0.05, 0) is 69.8 Å². The minimum Gasteiger partial charge on any atom is -0.547 e. The van der Waals surface area contributed by atoms with E-state index in [1.54, 1.807) is 11.6 Å². The first-order chi connectivity index (χ1) is 22.9. The summed E-state index contributed by atoms with van der Waals surface area (Å²) < 4.78 is 14.8. The molecule has 5 aromatic carbocycles. The first kappa shape index (κ1) is 32.3. The van der Waals surface area contributed by atoms with E-state index in [1.165, 1.54) is 22.3 Å². The molecule has 0 N–H and O–H groups in total. The maximum absolute atomic E-state index is 6.42. The standard InChI is InChI=1S/C41H33BN2O2S.Pt/c1-26(2)32-14-10-15-33(27(3)4)41(32)28-21-22-43-40(23-28)44-36-16-6-5-13-34(36)35-20-19-31(25-37(35)44)45-30-12-9-11-29(24-30)42-46-38-17-7-8-18-39(38)47-42;/h5-23,26-27H,1-4H3;/q-2;+2. The van der Waals surface area contributed by atoms with Crippen LogP contribution in [0.15, 0.2) is 120 Å². The van der Waals surface area contributed by atoms with Gasteiger partial charge in [0.2, 0.25) is 0 Å². The molecule has 0 atom stereocenters. The fourth-order valence-corrected chi connectivity index (χ4v) is 7.60. The van der Waals surface area contributed by atoms with Crippen molar-refractivity contribution in [1.82, 2.24) is 9.55 Å². The van der Waals surface area contributed by atoms with Gasteiger partial charge in [-0.2, -0.15) is 18.2 Å². The maximum Gasteiger partial charge on any atom is 2.00 e. The van der Waals surface area contributed by atoms with Gasteiger partial charge in [-0.3, -0.25) is 0 Å². The van der Waals surface area contributed by atoms with E-state index in [9.17, 15) is 0 Å². The molecule has 0 bridgehead atoms. The van der Waals surface area contributed by atoms with Crippen molar-refractivity contribution in [3.05, 3.63) is 139 Å². The molecule has 0 unspecified atom stereocenters. The van der Waals surface area contributed by atoms with Crippen LogP contribution in [0.3, 0.4) is 0 Å². The third-order valence-electron chi connectivity index (χ3n) is 8.77. The summed E-state index contributed by atoms with van der Waals surface area (Å²) >= 11 is 1.68. The van der Waals surface area contributed by atoms with Crippen LogP contribution in [-0.4, -0.2) is 15.7 Å². The topological polar surface area (TPSA) is 36.3 Å². The average molecular weight is 824 g/mol. The zero-order chi connectivity index (χ0) is 32.1. The monoisotopic (exact) mass is 823 g/mol. The zero-order valence-electron chi connectivity index (χ0n) is 27.1. The Morgan fingerprint density at radius 2 is 1.48 bits per heavy atom. The van der Waals surface area contributed by atoms with Gasteiger partial charge < -0.3 is 14.0 Å². The number of nitrogens with zero attached hydrogens (tertiary/aromatic N) is 2. The van der Waals surface area contributed by atoms with Crippen LogP contribution in [0.4, 0.5) is 0 Å². The largest absolute Gasteiger partial charge is 2.00 e. The van der Waals surface area contributed by atoms with Gasteiger partial charge in [0.05, 0.1) is 0 Å². The molecule has 2 aromatic heterocycles. The molecule has 0 saturated heterocycles. The Kier molecular flexibility index (Phi) is 8.98. The molecule has 0 amide bonds. The molecule has 7 aromatic rings. The minimum atomic E-state index is -0.166. The van der Waals surface area contributed by atoms with E-state index in [0.29, 0.717) is 23.3 Å². The van der Waals surface area contributed by atoms with Crippen LogP contribution in [0, 0.1) is 12.1 Å². The van der Waals surface area contributed by atoms with Gasteiger partial charge in [-0.25, -0.2) is 4.98 Å². The van der Waals surface area contributed by atoms with Crippen molar-refractivity contribution in [2.75, 3.05) is 0 Å². The van der Waals surface area contributed by atoms with Crippen molar-refractivity contribution >= 4 is 45.1 Å². The van der Waals surface area contributed by atoms with Crippen LogP contribution in [0.1, 0.15) is 50.7 Å². The van der Waals surface area contributed by atoms with Crippen LogP contribution in [0.5, 0.6) is 17.2 Å². The molecule has 0 aliphatic carbocycles. The molecule has 8 rings (SSSR count). The maximum atomic E-state index is 6.42. The number of para-hydroxylation sites is 2. The van der Waals surface area contributed by atoms with E-state index in [1.807, 2.05) is 48.7 Å². The Balaban J connectivity index is 0.00000364. The predicted molar refractivity (Wildman–Crippen MR) is 195 cm³/mol. The van der Waals surface area contributed by atoms with Crippen molar-refractivity contribution in [2.24, 2.45) is 0 Å². The first-order valence-corrected chi connectivity index (χ1v) is 17.0. The number of ether oxygens (including phenoxy) is 1. The average Bonchev–Trinajstić information content (AvgIpc) is 3.67. The molecule has 238 valence electrons. The van der Waals surface area contributed by atoms with E-state index in [2.05, 4.69) is 111 Å².